The van der Waals surface area contributed by atoms with Gasteiger partial charge >= 0.3 is 12.1 Å². The molecule has 1 heterocycles. The molecule has 0 radical (unpaired) electrons. The van der Waals surface area contributed by atoms with Gasteiger partial charge in [0.25, 0.3) is 0 Å². The molecule has 7 nitrogen and oxygen atoms in total. The van der Waals surface area contributed by atoms with Crippen molar-refractivity contribution >= 4 is 35.4 Å². The lowest BCUT2D eigenvalue weighted by Gasteiger charge is -2.28. The van der Waals surface area contributed by atoms with E-state index >= 15 is 0 Å². The molecule has 136 valence electrons. The molecule has 2 unspecified atom stereocenters. The Morgan fingerprint density at radius 3 is 2.58 bits per heavy atom. The Labute approximate surface area is 148 Å². The highest BCUT2D eigenvalue weighted by atomic mass is 32.1. The molecule has 1 aliphatic rings. The van der Waals surface area contributed by atoms with E-state index in [0.717, 1.165) is 6.42 Å². The summed E-state index contributed by atoms with van der Waals surface area (Å²) in [5.74, 6) is -0.542. The van der Waals surface area contributed by atoms with Crippen LogP contribution in [0.3, 0.4) is 0 Å². The van der Waals surface area contributed by atoms with Gasteiger partial charge in [0.05, 0.1) is 19.2 Å². The zero-order chi connectivity index (χ0) is 18.3. The van der Waals surface area contributed by atoms with Crippen LogP contribution < -0.4 is 5.32 Å². The van der Waals surface area contributed by atoms with Crippen LogP contribution in [0.15, 0.2) is 4.99 Å². The molecule has 0 saturated carbocycles. The van der Waals surface area contributed by atoms with E-state index < -0.39 is 11.6 Å². The zero-order valence-corrected chi connectivity index (χ0v) is 15.8. The number of nitrogens with one attached hydrogen (secondary N) is 1. The third-order valence-electron chi connectivity index (χ3n) is 3.52. The lowest BCUT2D eigenvalue weighted by Crippen LogP contribution is -2.42. The van der Waals surface area contributed by atoms with Crippen molar-refractivity contribution in [3.63, 3.8) is 0 Å². The predicted octanol–water partition coefficient (Wildman–Crippen LogP) is 1.59. The molecule has 0 aromatic carbocycles. The maximum Gasteiger partial charge on any atom is 0.410 e. The van der Waals surface area contributed by atoms with Crippen LogP contribution in [0.25, 0.3) is 0 Å². The lowest BCUT2D eigenvalue weighted by molar-refractivity contribution is -0.134. The normalized spacial score (nSPS) is 21.5. The van der Waals surface area contributed by atoms with Crippen LogP contribution in [0.2, 0.25) is 0 Å². The fourth-order valence-electron chi connectivity index (χ4n) is 2.40. The van der Waals surface area contributed by atoms with Gasteiger partial charge in [0, 0.05) is 18.0 Å². The van der Waals surface area contributed by atoms with Crippen LogP contribution in [0.4, 0.5) is 4.79 Å². The van der Waals surface area contributed by atoms with Crippen molar-refractivity contribution in [3.8, 4) is 0 Å². The summed E-state index contributed by atoms with van der Waals surface area (Å²) in [6.45, 7) is 8.28. The van der Waals surface area contributed by atoms with Gasteiger partial charge in [-0.2, -0.15) is 0 Å². The number of carbonyl (C=O) groups is 2. The van der Waals surface area contributed by atoms with Gasteiger partial charge in [-0.1, -0.05) is 12.2 Å². The summed E-state index contributed by atoms with van der Waals surface area (Å²) in [7, 11) is 1.85. The standard InChI is InChI=1S/C16H27N3O4S/c1-6-22-14(20)13(10-24)18-8-12-7-11(17-5)9-19(12)15(21)23-16(2,3)4/h10-12,17H,6-9H2,1-5H3. The van der Waals surface area contributed by atoms with E-state index in [1.807, 2.05) is 27.8 Å². The molecule has 24 heavy (non-hydrogen) atoms. The summed E-state index contributed by atoms with van der Waals surface area (Å²) >= 11 is 4.83. The van der Waals surface area contributed by atoms with E-state index in [2.05, 4.69) is 10.3 Å². The maximum absolute atomic E-state index is 12.4. The van der Waals surface area contributed by atoms with Crippen molar-refractivity contribution in [3.05, 3.63) is 0 Å². The lowest BCUT2D eigenvalue weighted by atomic mass is 10.1. The molecule has 1 rings (SSSR count). The van der Waals surface area contributed by atoms with Crippen molar-refractivity contribution in [1.29, 1.82) is 0 Å². The fourth-order valence-corrected chi connectivity index (χ4v) is 2.57. The van der Waals surface area contributed by atoms with E-state index in [1.165, 1.54) is 5.37 Å². The summed E-state index contributed by atoms with van der Waals surface area (Å²) in [6, 6.07) is 0.00733. The Balaban J connectivity index is 2.83. The summed E-state index contributed by atoms with van der Waals surface area (Å²) < 4.78 is 10.4. The van der Waals surface area contributed by atoms with E-state index in [0.29, 0.717) is 6.54 Å². The fraction of sp³-hybridized carbons (Fsp3) is 0.750. The van der Waals surface area contributed by atoms with Crippen LogP contribution in [0, 0.1) is 0 Å². The highest BCUT2D eigenvalue weighted by Crippen LogP contribution is 2.21. The smallest absolute Gasteiger partial charge is 0.410 e. The molecule has 1 saturated heterocycles. The number of thiocarbonyl (C=S) groups is 1. The molecule has 0 aromatic heterocycles. The van der Waals surface area contributed by atoms with Crippen LogP contribution in [0.1, 0.15) is 34.1 Å². The van der Waals surface area contributed by atoms with Crippen LogP contribution in [0.5, 0.6) is 0 Å². The number of amides is 1. The molecular weight excluding hydrogens is 330 g/mol. The van der Waals surface area contributed by atoms with Crippen molar-refractivity contribution in [2.45, 2.75) is 51.8 Å². The molecule has 8 heteroatoms. The maximum atomic E-state index is 12.4. The van der Waals surface area contributed by atoms with Crippen molar-refractivity contribution in [2.75, 3.05) is 26.7 Å². The molecule has 0 spiro atoms. The quantitative estimate of drug-likeness (QED) is 0.442. The number of hydrogen-bond donors (Lipinski definition) is 1. The summed E-state index contributed by atoms with van der Waals surface area (Å²) in [6.07, 6.45) is 0.354. The van der Waals surface area contributed by atoms with Crippen molar-refractivity contribution in [2.24, 2.45) is 4.99 Å². The first-order valence-electron chi connectivity index (χ1n) is 8.05. The van der Waals surface area contributed by atoms with Gasteiger partial charge in [0.15, 0.2) is 5.71 Å². The highest BCUT2D eigenvalue weighted by molar-refractivity contribution is 7.80. The Morgan fingerprint density at radius 2 is 2.08 bits per heavy atom. The minimum absolute atomic E-state index is 0.101. The van der Waals surface area contributed by atoms with Gasteiger partial charge < -0.3 is 19.7 Å². The van der Waals surface area contributed by atoms with Crippen molar-refractivity contribution in [1.82, 2.24) is 10.2 Å². The highest BCUT2D eigenvalue weighted by Gasteiger charge is 2.36. The Morgan fingerprint density at radius 1 is 1.42 bits per heavy atom. The SMILES string of the molecule is CCOC(=O)C(C=S)=NCC1CC(NC)CN1C(=O)OC(C)(C)C. The second-order valence-electron chi connectivity index (χ2n) is 6.57. The minimum Gasteiger partial charge on any atom is -0.461 e. The first kappa shape index (κ1) is 20.5. The van der Waals surface area contributed by atoms with E-state index in [4.69, 9.17) is 21.7 Å². The Bertz CT molecular complexity index is 502. The minimum atomic E-state index is -0.562. The monoisotopic (exact) mass is 357 g/mol. The van der Waals surface area contributed by atoms with E-state index in [9.17, 15) is 9.59 Å². The molecule has 0 aliphatic carbocycles. The number of carbonyl (C=O) groups excluding carboxylic acids is 2. The zero-order valence-electron chi connectivity index (χ0n) is 15.0. The summed E-state index contributed by atoms with van der Waals surface area (Å²) in [5, 5.41) is 4.38. The van der Waals surface area contributed by atoms with Crippen molar-refractivity contribution < 1.29 is 19.1 Å². The van der Waals surface area contributed by atoms with Gasteiger partial charge in [0.1, 0.15) is 5.60 Å². The van der Waals surface area contributed by atoms with Gasteiger partial charge in [0.2, 0.25) is 0 Å². The number of aliphatic imine (C=N–C) groups is 1. The number of nitrogens with zero attached hydrogens (tertiary/aromatic N) is 2. The molecule has 1 fully saturated rings. The largest absolute Gasteiger partial charge is 0.461 e. The van der Waals surface area contributed by atoms with E-state index in [1.54, 1.807) is 11.8 Å². The Kier molecular flexibility index (Phi) is 7.75. The number of rotatable bonds is 6. The first-order valence-corrected chi connectivity index (χ1v) is 8.52. The van der Waals surface area contributed by atoms with Gasteiger partial charge in [-0.25, -0.2) is 9.59 Å². The van der Waals surface area contributed by atoms with Crippen LogP contribution in [-0.2, 0) is 14.3 Å². The predicted molar refractivity (Wildman–Crippen MR) is 96.8 cm³/mol. The molecule has 1 amide bonds. The number of esters is 1. The average molecular weight is 357 g/mol. The average Bonchev–Trinajstić information content (AvgIpc) is 2.90. The molecule has 0 bridgehead atoms. The van der Waals surface area contributed by atoms with Gasteiger partial charge in [-0.3, -0.25) is 4.99 Å². The topological polar surface area (TPSA) is 80.2 Å². The van der Waals surface area contributed by atoms with E-state index in [-0.39, 0.29) is 37.0 Å². The van der Waals surface area contributed by atoms with Crippen LogP contribution in [-0.4, -0.2) is 72.5 Å². The molecule has 2 atom stereocenters. The van der Waals surface area contributed by atoms with Crippen LogP contribution >= 0.6 is 12.2 Å². The number of likely N-dealkylation sites (tertiary alicyclic amines) is 1. The summed E-state index contributed by atoms with van der Waals surface area (Å²) in [4.78, 5) is 30.0. The second kappa shape index (κ2) is 9.08. The third-order valence-corrected chi connectivity index (χ3v) is 3.74. The number of ether oxygens (including phenoxy) is 2. The molecule has 0 aromatic rings. The first-order chi connectivity index (χ1) is 11.2. The third kappa shape index (κ3) is 6.16. The number of likely N-dealkylation sites (N-methyl/N-ethyl adjacent to an activating group) is 1. The Hall–Kier alpha value is -1.54. The number of hydrogen-bond acceptors (Lipinski definition) is 7. The van der Waals surface area contributed by atoms with Gasteiger partial charge in [-0.15, -0.1) is 0 Å². The molecular formula is C16H27N3O4S. The molecule has 1 aliphatic heterocycles. The second-order valence-corrected chi connectivity index (χ2v) is 6.81. The van der Waals surface area contributed by atoms with Gasteiger partial charge in [-0.05, 0) is 41.2 Å². The summed E-state index contributed by atoms with van der Waals surface area (Å²) in [5.41, 5.74) is -0.462. The molecule has 1 N–H and O–H groups in total.